The van der Waals surface area contributed by atoms with Crippen molar-refractivity contribution >= 4 is 41.5 Å². The molecule has 2 rings (SSSR count). The average molecular weight is 475 g/mol. The fourth-order valence-corrected chi connectivity index (χ4v) is 2.44. The Morgan fingerprint density at radius 1 is 1.24 bits per heavy atom. The van der Waals surface area contributed by atoms with E-state index in [-0.39, 0.29) is 30.5 Å². The van der Waals surface area contributed by atoms with Crippen molar-refractivity contribution in [1.29, 1.82) is 0 Å². The SMILES string of the molecule is CCNC(=NCC(O)c1ccncc1)NCCc1cccc(Cl)c1.I. The number of aliphatic hydroxyl groups is 1. The molecule has 2 aromatic rings. The molecule has 0 saturated heterocycles. The van der Waals surface area contributed by atoms with Gasteiger partial charge in [-0.25, -0.2) is 0 Å². The third kappa shape index (κ3) is 8.02. The van der Waals surface area contributed by atoms with Crippen molar-refractivity contribution in [2.75, 3.05) is 19.6 Å². The van der Waals surface area contributed by atoms with Gasteiger partial charge in [-0.05, 0) is 48.7 Å². The normalized spacial score (nSPS) is 12.2. The summed E-state index contributed by atoms with van der Waals surface area (Å²) >= 11 is 5.99. The van der Waals surface area contributed by atoms with Gasteiger partial charge in [0.15, 0.2) is 5.96 Å². The number of nitrogens with one attached hydrogen (secondary N) is 2. The Hall–Kier alpha value is -1.38. The molecule has 136 valence electrons. The molecule has 5 nitrogen and oxygen atoms in total. The molecule has 0 bridgehead atoms. The second-order valence-corrected chi connectivity index (χ2v) is 5.76. The van der Waals surface area contributed by atoms with Crippen LogP contribution in [0.3, 0.4) is 0 Å². The lowest BCUT2D eigenvalue weighted by atomic mass is 10.1. The van der Waals surface area contributed by atoms with Crippen LogP contribution in [0.15, 0.2) is 53.8 Å². The van der Waals surface area contributed by atoms with Gasteiger partial charge in [0.2, 0.25) is 0 Å². The maximum absolute atomic E-state index is 10.2. The van der Waals surface area contributed by atoms with Crippen molar-refractivity contribution in [1.82, 2.24) is 15.6 Å². The number of pyridine rings is 1. The van der Waals surface area contributed by atoms with Crippen molar-refractivity contribution in [2.24, 2.45) is 4.99 Å². The number of hydrogen-bond donors (Lipinski definition) is 3. The van der Waals surface area contributed by atoms with E-state index in [1.54, 1.807) is 24.5 Å². The van der Waals surface area contributed by atoms with Gasteiger partial charge in [-0.1, -0.05) is 23.7 Å². The van der Waals surface area contributed by atoms with Gasteiger partial charge in [0.05, 0.1) is 12.6 Å². The first-order chi connectivity index (χ1) is 11.7. The Labute approximate surface area is 170 Å². The lowest BCUT2D eigenvalue weighted by Crippen LogP contribution is -2.38. The Morgan fingerprint density at radius 2 is 2.00 bits per heavy atom. The van der Waals surface area contributed by atoms with Crippen LogP contribution < -0.4 is 10.6 Å². The van der Waals surface area contributed by atoms with Crippen molar-refractivity contribution in [3.63, 3.8) is 0 Å². The van der Waals surface area contributed by atoms with Crippen molar-refractivity contribution in [2.45, 2.75) is 19.4 Å². The summed E-state index contributed by atoms with van der Waals surface area (Å²) in [6.45, 7) is 3.79. The first kappa shape index (κ1) is 21.7. The number of rotatable bonds is 7. The van der Waals surface area contributed by atoms with E-state index >= 15 is 0 Å². The minimum atomic E-state index is -0.642. The summed E-state index contributed by atoms with van der Waals surface area (Å²) in [6, 6.07) is 11.4. The van der Waals surface area contributed by atoms with Crippen LogP contribution in [0.2, 0.25) is 5.02 Å². The molecule has 0 aliphatic heterocycles. The topological polar surface area (TPSA) is 69.5 Å². The molecule has 0 saturated carbocycles. The zero-order chi connectivity index (χ0) is 17.2. The predicted molar refractivity (Wildman–Crippen MR) is 114 cm³/mol. The first-order valence-corrected chi connectivity index (χ1v) is 8.41. The fraction of sp³-hybridized carbons (Fsp3) is 0.333. The third-order valence-corrected chi connectivity index (χ3v) is 3.69. The highest BCUT2D eigenvalue weighted by Crippen LogP contribution is 2.11. The van der Waals surface area contributed by atoms with E-state index in [0.717, 1.165) is 30.1 Å². The van der Waals surface area contributed by atoms with Crippen molar-refractivity contribution in [3.8, 4) is 0 Å². The van der Waals surface area contributed by atoms with Crippen LogP contribution >= 0.6 is 35.6 Å². The van der Waals surface area contributed by atoms with E-state index in [1.165, 1.54) is 5.56 Å². The van der Waals surface area contributed by atoms with Crippen LogP contribution in [0.5, 0.6) is 0 Å². The first-order valence-electron chi connectivity index (χ1n) is 8.03. The molecule has 7 heteroatoms. The number of benzene rings is 1. The monoisotopic (exact) mass is 474 g/mol. The van der Waals surface area contributed by atoms with Gasteiger partial charge in [-0.2, -0.15) is 0 Å². The minimum Gasteiger partial charge on any atom is -0.386 e. The average Bonchev–Trinajstić information content (AvgIpc) is 2.60. The van der Waals surface area contributed by atoms with Gasteiger partial charge >= 0.3 is 0 Å². The van der Waals surface area contributed by atoms with Crippen LogP contribution in [0.25, 0.3) is 0 Å². The largest absolute Gasteiger partial charge is 0.386 e. The lowest BCUT2D eigenvalue weighted by molar-refractivity contribution is 0.187. The van der Waals surface area contributed by atoms with Crippen LogP contribution in [0.1, 0.15) is 24.2 Å². The summed E-state index contributed by atoms with van der Waals surface area (Å²) in [5.74, 6) is 0.688. The van der Waals surface area contributed by atoms with E-state index in [9.17, 15) is 5.11 Å². The summed E-state index contributed by atoms with van der Waals surface area (Å²) < 4.78 is 0. The van der Waals surface area contributed by atoms with Crippen molar-refractivity contribution < 1.29 is 5.11 Å². The van der Waals surface area contributed by atoms with E-state index in [1.807, 2.05) is 31.2 Å². The number of nitrogens with zero attached hydrogens (tertiary/aromatic N) is 2. The number of halogens is 2. The Balaban J connectivity index is 0.00000312. The number of aliphatic imine (C=N–C) groups is 1. The van der Waals surface area contributed by atoms with Crippen LogP contribution in [0, 0.1) is 0 Å². The molecule has 1 unspecified atom stereocenters. The molecule has 3 N–H and O–H groups in total. The third-order valence-electron chi connectivity index (χ3n) is 3.45. The zero-order valence-corrected chi connectivity index (χ0v) is 17.2. The van der Waals surface area contributed by atoms with Gasteiger partial charge in [-0.15, -0.1) is 24.0 Å². The second-order valence-electron chi connectivity index (χ2n) is 5.32. The summed E-state index contributed by atoms with van der Waals surface area (Å²) in [7, 11) is 0. The Morgan fingerprint density at radius 3 is 2.68 bits per heavy atom. The van der Waals surface area contributed by atoms with Gasteiger partial charge in [-0.3, -0.25) is 9.98 Å². The second kappa shape index (κ2) is 12.1. The number of guanidine groups is 1. The number of aromatic nitrogens is 1. The highest BCUT2D eigenvalue weighted by molar-refractivity contribution is 14.0. The quantitative estimate of drug-likeness (QED) is 0.327. The molecule has 0 aliphatic rings. The highest BCUT2D eigenvalue weighted by atomic mass is 127. The Kier molecular flexibility index (Phi) is 10.4. The van der Waals surface area contributed by atoms with Crippen LogP contribution in [-0.2, 0) is 6.42 Å². The summed E-state index contributed by atoms with van der Waals surface area (Å²) in [6.07, 6.45) is 3.53. The maximum atomic E-state index is 10.2. The predicted octanol–water partition coefficient (Wildman–Crippen LogP) is 3.18. The van der Waals surface area contributed by atoms with Crippen molar-refractivity contribution in [3.05, 3.63) is 64.9 Å². The molecule has 25 heavy (non-hydrogen) atoms. The molecule has 0 fully saturated rings. The molecule has 0 aliphatic carbocycles. The van der Waals surface area contributed by atoms with Gasteiger partial charge in [0.25, 0.3) is 0 Å². The maximum Gasteiger partial charge on any atom is 0.191 e. The molecule has 0 amide bonds. The van der Waals surface area contributed by atoms with E-state index in [0.29, 0.717) is 5.96 Å². The number of hydrogen-bond acceptors (Lipinski definition) is 3. The highest BCUT2D eigenvalue weighted by Gasteiger charge is 2.07. The standard InChI is InChI=1S/C18H23ClN4O.HI/c1-2-21-18(22-11-6-14-4-3-5-16(19)12-14)23-13-17(24)15-7-9-20-10-8-15;/h3-5,7-10,12,17,24H,2,6,11,13H2,1H3,(H2,21,22,23);1H. The van der Waals surface area contributed by atoms with Gasteiger partial charge in [0.1, 0.15) is 0 Å². The summed E-state index contributed by atoms with van der Waals surface area (Å²) in [5.41, 5.74) is 1.98. The van der Waals surface area contributed by atoms with Crippen LogP contribution in [0.4, 0.5) is 0 Å². The molecular formula is C18H24ClIN4O. The molecule has 1 heterocycles. The van der Waals surface area contributed by atoms with Gasteiger partial charge < -0.3 is 15.7 Å². The smallest absolute Gasteiger partial charge is 0.191 e. The van der Waals surface area contributed by atoms with E-state index in [2.05, 4.69) is 20.6 Å². The number of aliphatic hydroxyl groups excluding tert-OH is 1. The molecular weight excluding hydrogens is 451 g/mol. The molecule has 1 aromatic heterocycles. The molecule has 0 radical (unpaired) electrons. The Bertz CT molecular complexity index is 655. The zero-order valence-electron chi connectivity index (χ0n) is 14.2. The summed E-state index contributed by atoms with van der Waals surface area (Å²) in [4.78, 5) is 8.38. The minimum absolute atomic E-state index is 0. The van der Waals surface area contributed by atoms with Crippen LogP contribution in [-0.4, -0.2) is 35.7 Å². The molecule has 0 spiro atoms. The van der Waals surface area contributed by atoms with Gasteiger partial charge in [0, 0.05) is 30.5 Å². The molecule has 1 atom stereocenters. The molecule has 1 aromatic carbocycles. The lowest BCUT2D eigenvalue weighted by Gasteiger charge is -2.13. The summed E-state index contributed by atoms with van der Waals surface area (Å²) in [5, 5.41) is 17.4. The fourth-order valence-electron chi connectivity index (χ4n) is 2.23. The van der Waals surface area contributed by atoms with E-state index < -0.39 is 6.10 Å². The van der Waals surface area contributed by atoms with E-state index in [4.69, 9.17) is 11.6 Å².